The molecule has 0 aliphatic carbocycles. The summed E-state index contributed by atoms with van der Waals surface area (Å²) in [6, 6.07) is 23.0. The molecule has 3 aromatic rings. The van der Waals surface area contributed by atoms with Gasteiger partial charge in [0.15, 0.2) is 0 Å². The van der Waals surface area contributed by atoms with Gasteiger partial charge >= 0.3 is 5.97 Å². The monoisotopic (exact) mass is 320 g/mol. The van der Waals surface area contributed by atoms with E-state index < -0.39 is 6.10 Å². The van der Waals surface area contributed by atoms with Gasteiger partial charge in [-0.25, -0.2) is 4.79 Å². The molecular formula is C21H20O3. The molecule has 0 fully saturated rings. The summed E-state index contributed by atoms with van der Waals surface area (Å²) in [6.07, 6.45) is 0.623. The molecule has 0 spiro atoms. The number of carbonyl (C=O) groups is 1. The highest BCUT2D eigenvalue weighted by molar-refractivity contribution is 5.89. The molecule has 0 saturated carbocycles. The molecule has 0 saturated heterocycles. The lowest BCUT2D eigenvalue weighted by Crippen LogP contribution is -2.07. The van der Waals surface area contributed by atoms with Gasteiger partial charge in [0.25, 0.3) is 0 Å². The number of hydrogen-bond donors (Lipinski definition) is 1. The molecule has 3 rings (SSSR count). The molecule has 0 aliphatic heterocycles. The molecule has 1 atom stereocenters. The quantitative estimate of drug-likeness (QED) is 0.537. The van der Waals surface area contributed by atoms with Gasteiger partial charge in [0.2, 0.25) is 0 Å². The minimum absolute atomic E-state index is 0.304. The van der Waals surface area contributed by atoms with Gasteiger partial charge in [-0.2, -0.15) is 0 Å². The molecule has 0 amide bonds. The highest BCUT2D eigenvalue weighted by Gasteiger charge is 2.10. The van der Waals surface area contributed by atoms with Crippen molar-refractivity contribution in [3.63, 3.8) is 0 Å². The Kier molecular flexibility index (Phi) is 5.24. The lowest BCUT2D eigenvalue weighted by molar-refractivity contribution is 0.0477. The number of fused-ring (bicyclic) bond motifs is 1. The molecule has 0 radical (unpaired) electrons. The molecule has 3 heteroatoms. The van der Waals surface area contributed by atoms with Crippen LogP contribution in [0.1, 0.15) is 34.9 Å². The van der Waals surface area contributed by atoms with E-state index in [1.165, 1.54) is 0 Å². The standard InChI is InChI=1S/C21H20O3/c22-20(19-13-12-16-7-4-5-10-18(16)15-19)11-6-14-24-21(23)17-8-2-1-3-9-17/h1-5,7-10,12-13,15,20,22H,6,11,14H2. The van der Waals surface area contributed by atoms with Crippen molar-refractivity contribution in [2.45, 2.75) is 18.9 Å². The Morgan fingerprint density at radius 1 is 0.917 bits per heavy atom. The maximum absolute atomic E-state index is 11.8. The largest absolute Gasteiger partial charge is 0.462 e. The SMILES string of the molecule is O=C(OCCCC(O)c1ccc2ccccc2c1)c1ccccc1. The van der Waals surface area contributed by atoms with E-state index in [0.717, 1.165) is 16.3 Å². The van der Waals surface area contributed by atoms with Crippen LogP contribution in [0.15, 0.2) is 72.8 Å². The van der Waals surface area contributed by atoms with Crippen molar-refractivity contribution >= 4 is 16.7 Å². The maximum Gasteiger partial charge on any atom is 0.338 e. The van der Waals surface area contributed by atoms with Crippen LogP contribution in [0.4, 0.5) is 0 Å². The van der Waals surface area contributed by atoms with Crippen LogP contribution in [-0.4, -0.2) is 17.7 Å². The van der Waals surface area contributed by atoms with Crippen LogP contribution >= 0.6 is 0 Å². The van der Waals surface area contributed by atoms with Gasteiger partial charge in [0, 0.05) is 0 Å². The first-order chi connectivity index (χ1) is 11.7. The van der Waals surface area contributed by atoms with Crippen molar-refractivity contribution in [2.75, 3.05) is 6.61 Å². The van der Waals surface area contributed by atoms with Crippen LogP contribution in [-0.2, 0) is 4.74 Å². The molecule has 24 heavy (non-hydrogen) atoms. The van der Waals surface area contributed by atoms with Gasteiger partial charge in [0.1, 0.15) is 0 Å². The summed E-state index contributed by atoms with van der Waals surface area (Å²) in [6.45, 7) is 0.304. The van der Waals surface area contributed by atoms with E-state index in [0.29, 0.717) is 25.0 Å². The van der Waals surface area contributed by atoms with Gasteiger partial charge in [0.05, 0.1) is 18.3 Å². The molecule has 0 heterocycles. The van der Waals surface area contributed by atoms with E-state index in [2.05, 4.69) is 6.07 Å². The first-order valence-corrected chi connectivity index (χ1v) is 8.13. The van der Waals surface area contributed by atoms with E-state index in [4.69, 9.17) is 4.74 Å². The molecule has 1 unspecified atom stereocenters. The summed E-state index contributed by atoms with van der Waals surface area (Å²) in [5, 5.41) is 12.6. The number of aliphatic hydroxyl groups is 1. The van der Waals surface area contributed by atoms with Crippen LogP contribution in [0.3, 0.4) is 0 Å². The van der Waals surface area contributed by atoms with Gasteiger partial charge in [-0.1, -0.05) is 54.6 Å². The van der Waals surface area contributed by atoms with E-state index >= 15 is 0 Å². The molecule has 1 N–H and O–H groups in total. The summed E-state index contributed by atoms with van der Waals surface area (Å²) in [5.41, 5.74) is 1.44. The zero-order chi connectivity index (χ0) is 16.8. The highest BCUT2D eigenvalue weighted by Crippen LogP contribution is 2.23. The molecule has 0 bridgehead atoms. The predicted molar refractivity (Wildman–Crippen MR) is 94.9 cm³/mol. The second-order valence-corrected chi connectivity index (χ2v) is 5.77. The normalized spacial score (nSPS) is 12.0. The third-order valence-electron chi connectivity index (χ3n) is 4.02. The number of carbonyl (C=O) groups excluding carboxylic acids is 1. The molecule has 3 aromatic carbocycles. The number of hydrogen-bond acceptors (Lipinski definition) is 3. The fourth-order valence-electron chi connectivity index (χ4n) is 2.68. The summed E-state index contributed by atoms with van der Waals surface area (Å²) in [7, 11) is 0. The van der Waals surface area contributed by atoms with Crippen LogP contribution < -0.4 is 0 Å². The predicted octanol–water partition coefficient (Wildman–Crippen LogP) is 4.51. The van der Waals surface area contributed by atoms with Crippen molar-refractivity contribution < 1.29 is 14.6 Å². The lowest BCUT2D eigenvalue weighted by Gasteiger charge is -2.12. The number of esters is 1. The number of aliphatic hydroxyl groups excluding tert-OH is 1. The van der Waals surface area contributed by atoms with Crippen molar-refractivity contribution in [3.05, 3.63) is 83.9 Å². The zero-order valence-electron chi connectivity index (χ0n) is 13.4. The minimum Gasteiger partial charge on any atom is -0.462 e. The molecule has 3 nitrogen and oxygen atoms in total. The Hall–Kier alpha value is -2.65. The molecule has 0 aromatic heterocycles. The highest BCUT2D eigenvalue weighted by atomic mass is 16.5. The smallest absolute Gasteiger partial charge is 0.338 e. The van der Waals surface area contributed by atoms with E-state index in [-0.39, 0.29) is 5.97 Å². The number of rotatable bonds is 6. The maximum atomic E-state index is 11.8. The molecular weight excluding hydrogens is 300 g/mol. The van der Waals surface area contributed by atoms with Crippen molar-refractivity contribution in [2.24, 2.45) is 0 Å². The third kappa shape index (κ3) is 4.00. The first-order valence-electron chi connectivity index (χ1n) is 8.13. The topological polar surface area (TPSA) is 46.5 Å². The van der Waals surface area contributed by atoms with E-state index in [1.807, 2.05) is 42.5 Å². The number of ether oxygens (including phenoxy) is 1. The Morgan fingerprint density at radius 3 is 2.42 bits per heavy atom. The molecule has 0 aliphatic rings. The van der Waals surface area contributed by atoms with Crippen molar-refractivity contribution in [3.8, 4) is 0 Å². The van der Waals surface area contributed by atoms with Crippen molar-refractivity contribution in [1.29, 1.82) is 0 Å². The van der Waals surface area contributed by atoms with E-state index in [1.54, 1.807) is 24.3 Å². The fourth-order valence-corrected chi connectivity index (χ4v) is 2.68. The van der Waals surface area contributed by atoms with Crippen LogP contribution in [0.2, 0.25) is 0 Å². The second-order valence-electron chi connectivity index (χ2n) is 5.77. The Labute approximate surface area is 141 Å². The summed E-state index contributed by atoms with van der Waals surface area (Å²) < 4.78 is 5.23. The summed E-state index contributed by atoms with van der Waals surface area (Å²) >= 11 is 0. The van der Waals surface area contributed by atoms with Crippen LogP contribution in [0, 0.1) is 0 Å². The first kappa shape index (κ1) is 16.2. The fraction of sp³-hybridized carbons (Fsp3) is 0.190. The molecule has 122 valence electrons. The Bertz CT molecular complexity index is 811. The Morgan fingerprint density at radius 2 is 1.62 bits per heavy atom. The second kappa shape index (κ2) is 7.75. The minimum atomic E-state index is -0.551. The summed E-state index contributed by atoms with van der Waals surface area (Å²) in [5.74, 6) is -0.323. The summed E-state index contributed by atoms with van der Waals surface area (Å²) in [4.78, 5) is 11.8. The van der Waals surface area contributed by atoms with E-state index in [9.17, 15) is 9.90 Å². The average Bonchev–Trinajstić information content (AvgIpc) is 2.65. The Balaban J connectivity index is 1.50. The van der Waals surface area contributed by atoms with Gasteiger partial charge in [-0.15, -0.1) is 0 Å². The van der Waals surface area contributed by atoms with Gasteiger partial charge in [-0.05, 0) is 47.4 Å². The van der Waals surface area contributed by atoms with Crippen LogP contribution in [0.5, 0.6) is 0 Å². The van der Waals surface area contributed by atoms with Gasteiger partial charge in [-0.3, -0.25) is 0 Å². The lowest BCUT2D eigenvalue weighted by atomic mass is 10.0. The van der Waals surface area contributed by atoms with Gasteiger partial charge < -0.3 is 9.84 Å². The number of benzene rings is 3. The van der Waals surface area contributed by atoms with Crippen molar-refractivity contribution in [1.82, 2.24) is 0 Å². The van der Waals surface area contributed by atoms with Crippen LogP contribution in [0.25, 0.3) is 10.8 Å². The third-order valence-corrected chi connectivity index (χ3v) is 4.02. The average molecular weight is 320 g/mol. The zero-order valence-corrected chi connectivity index (χ0v) is 13.4.